The van der Waals surface area contributed by atoms with Gasteiger partial charge in [-0.3, -0.25) is 4.79 Å². The molecule has 0 amide bonds. The number of H-pyrrole nitrogens is 1. The van der Waals surface area contributed by atoms with Gasteiger partial charge in [0.15, 0.2) is 17.4 Å². The van der Waals surface area contributed by atoms with Crippen LogP contribution in [0.4, 0.5) is 4.39 Å². The number of carboxylic acids is 1. The smallest absolute Gasteiger partial charge is 0.337 e. The van der Waals surface area contributed by atoms with Crippen LogP contribution < -0.4 is 10.3 Å². The van der Waals surface area contributed by atoms with Crippen LogP contribution in [0.15, 0.2) is 29.2 Å². The Morgan fingerprint density at radius 3 is 2.68 bits per heavy atom. The molecule has 0 aliphatic heterocycles. The summed E-state index contributed by atoms with van der Waals surface area (Å²) >= 11 is 0. The van der Waals surface area contributed by atoms with Gasteiger partial charge in [-0.05, 0) is 24.1 Å². The molecule has 0 aliphatic rings. The largest absolute Gasteiger partial charge is 0.494 e. The molecule has 25 heavy (non-hydrogen) atoms. The van der Waals surface area contributed by atoms with E-state index < -0.39 is 17.3 Å². The van der Waals surface area contributed by atoms with E-state index in [0.717, 1.165) is 0 Å². The number of ether oxygens (including phenoxy) is 1. The lowest BCUT2D eigenvalue weighted by atomic mass is 10.0. The Morgan fingerprint density at radius 1 is 1.40 bits per heavy atom. The second-order valence-electron chi connectivity index (χ2n) is 5.86. The number of carboxylic acid groups (broad SMARTS) is 1. The second-order valence-corrected chi connectivity index (χ2v) is 5.86. The Balaban J connectivity index is 2.25. The first kappa shape index (κ1) is 16.7. The Hall–Kier alpha value is -3.16. The van der Waals surface area contributed by atoms with Crippen LogP contribution in [-0.2, 0) is 0 Å². The normalized spacial score (nSPS) is 11.2. The van der Waals surface area contributed by atoms with Crippen molar-refractivity contribution in [3.63, 3.8) is 0 Å². The fourth-order valence-corrected chi connectivity index (χ4v) is 2.81. The molecule has 0 radical (unpaired) electrons. The molecule has 3 rings (SSSR count). The minimum absolute atomic E-state index is 0.0195. The lowest BCUT2D eigenvalue weighted by Gasteiger charge is -2.07. The molecule has 2 heterocycles. The van der Waals surface area contributed by atoms with Crippen LogP contribution >= 0.6 is 0 Å². The van der Waals surface area contributed by atoms with Crippen LogP contribution in [0.2, 0.25) is 0 Å². The van der Waals surface area contributed by atoms with Gasteiger partial charge in [-0.25, -0.2) is 13.7 Å². The summed E-state index contributed by atoms with van der Waals surface area (Å²) in [7, 11) is 1.35. The molecular weight excluding hydrogens is 329 g/mol. The third kappa shape index (κ3) is 2.75. The minimum Gasteiger partial charge on any atom is -0.494 e. The van der Waals surface area contributed by atoms with Crippen molar-refractivity contribution in [1.29, 1.82) is 0 Å². The van der Waals surface area contributed by atoms with Crippen LogP contribution in [-0.4, -0.2) is 32.8 Å². The fourth-order valence-electron chi connectivity index (χ4n) is 2.81. The monoisotopic (exact) mass is 345 g/mol. The van der Waals surface area contributed by atoms with Crippen molar-refractivity contribution in [1.82, 2.24) is 14.6 Å². The van der Waals surface area contributed by atoms with Gasteiger partial charge in [0.05, 0.1) is 12.7 Å². The van der Waals surface area contributed by atoms with Gasteiger partial charge in [0, 0.05) is 17.3 Å². The summed E-state index contributed by atoms with van der Waals surface area (Å²) in [6.45, 7) is 3.60. The molecule has 130 valence electrons. The highest BCUT2D eigenvalue weighted by Crippen LogP contribution is 2.26. The van der Waals surface area contributed by atoms with Gasteiger partial charge >= 0.3 is 5.97 Å². The van der Waals surface area contributed by atoms with Crippen LogP contribution in [0, 0.1) is 5.82 Å². The van der Waals surface area contributed by atoms with E-state index in [1.807, 2.05) is 0 Å². The van der Waals surface area contributed by atoms with Crippen molar-refractivity contribution in [2.45, 2.75) is 19.8 Å². The van der Waals surface area contributed by atoms with Gasteiger partial charge in [0.25, 0.3) is 5.56 Å². The number of aromatic amines is 1. The van der Waals surface area contributed by atoms with Gasteiger partial charge in [-0.2, -0.15) is 0 Å². The Bertz CT molecular complexity index is 1040. The number of methoxy groups -OCH3 is 1. The third-order valence-corrected chi connectivity index (χ3v) is 3.91. The molecule has 7 nitrogen and oxygen atoms in total. The molecule has 0 spiro atoms. The van der Waals surface area contributed by atoms with Gasteiger partial charge in [0.2, 0.25) is 0 Å². The molecular formula is C17H16FN3O4. The summed E-state index contributed by atoms with van der Waals surface area (Å²) in [6.07, 6.45) is 1.30. The van der Waals surface area contributed by atoms with E-state index in [2.05, 4.69) is 10.1 Å². The summed E-state index contributed by atoms with van der Waals surface area (Å²) in [6, 6.07) is 4.16. The van der Waals surface area contributed by atoms with Gasteiger partial charge < -0.3 is 14.8 Å². The minimum atomic E-state index is -1.13. The predicted molar refractivity (Wildman–Crippen MR) is 88.8 cm³/mol. The molecule has 8 heteroatoms. The number of benzene rings is 1. The van der Waals surface area contributed by atoms with Crippen LogP contribution in [0.5, 0.6) is 5.75 Å². The van der Waals surface area contributed by atoms with Crippen molar-refractivity contribution < 1.29 is 19.0 Å². The SMILES string of the molecule is COc1ccc(-c2nn3cc(C(=O)O)c(C(C)C)c3c(=O)[nH]2)cc1F. The van der Waals surface area contributed by atoms with E-state index in [0.29, 0.717) is 11.1 Å². The Labute approximate surface area is 141 Å². The predicted octanol–water partition coefficient (Wildman–Crippen LogP) is 2.66. The first-order valence-electron chi connectivity index (χ1n) is 7.56. The topological polar surface area (TPSA) is 96.7 Å². The summed E-state index contributed by atoms with van der Waals surface area (Å²) in [5.74, 6) is -1.71. The zero-order valence-electron chi connectivity index (χ0n) is 13.8. The summed E-state index contributed by atoms with van der Waals surface area (Å²) in [5, 5.41) is 13.6. The molecule has 3 aromatic rings. The molecule has 0 fully saturated rings. The maximum absolute atomic E-state index is 13.9. The van der Waals surface area contributed by atoms with Crippen LogP contribution in [0.1, 0.15) is 35.7 Å². The number of hydrogen-bond donors (Lipinski definition) is 2. The Kier molecular flexibility index (Phi) is 4.03. The molecule has 1 aromatic carbocycles. The summed E-state index contributed by atoms with van der Waals surface area (Å²) in [4.78, 5) is 26.6. The average molecular weight is 345 g/mol. The van der Waals surface area contributed by atoms with Crippen LogP contribution in [0.3, 0.4) is 0 Å². The number of rotatable bonds is 4. The van der Waals surface area contributed by atoms with E-state index >= 15 is 0 Å². The van der Waals surface area contributed by atoms with Gasteiger partial charge in [0.1, 0.15) is 5.52 Å². The highest BCUT2D eigenvalue weighted by molar-refractivity contribution is 5.92. The number of carbonyl (C=O) groups is 1. The van der Waals surface area contributed by atoms with E-state index in [-0.39, 0.29) is 28.6 Å². The maximum Gasteiger partial charge on any atom is 0.337 e. The highest BCUT2D eigenvalue weighted by Gasteiger charge is 2.22. The fraction of sp³-hybridized carbons (Fsp3) is 0.235. The van der Waals surface area contributed by atoms with Gasteiger partial charge in [-0.1, -0.05) is 13.8 Å². The quantitative estimate of drug-likeness (QED) is 0.758. The molecule has 0 saturated heterocycles. The number of aromatic nitrogens is 3. The number of halogens is 1. The molecule has 0 unspecified atom stereocenters. The van der Waals surface area contributed by atoms with Crippen molar-refractivity contribution in [2.24, 2.45) is 0 Å². The van der Waals surface area contributed by atoms with Gasteiger partial charge in [-0.15, -0.1) is 5.10 Å². The average Bonchev–Trinajstić information content (AvgIpc) is 2.95. The van der Waals surface area contributed by atoms with Crippen LogP contribution in [0.25, 0.3) is 16.9 Å². The lowest BCUT2D eigenvalue weighted by molar-refractivity contribution is 0.0695. The molecule has 0 aliphatic carbocycles. The van der Waals surface area contributed by atoms with E-state index in [4.69, 9.17) is 4.74 Å². The van der Waals surface area contributed by atoms with Crippen molar-refractivity contribution in [3.05, 3.63) is 51.7 Å². The maximum atomic E-state index is 13.9. The molecule has 0 atom stereocenters. The van der Waals surface area contributed by atoms with E-state index in [9.17, 15) is 19.1 Å². The first-order chi connectivity index (χ1) is 11.8. The van der Waals surface area contributed by atoms with Crippen molar-refractivity contribution in [2.75, 3.05) is 7.11 Å². The summed E-state index contributed by atoms with van der Waals surface area (Å²) < 4.78 is 20.0. The number of aromatic carboxylic acids is 1. The molecule has 0 bridgehead atoms. The zero-order valence-corrected chi connectivity index (χ0v) is 13.8. The highest BCUT2D eigenvalue weighted by atomic mass is 19.1. The van der Waals surface area contributed by atoms with Crippen molar-refractivity contribution >= 4 is 11.5 Å². The molecule has 2 aromatic heterocycles. The Morgan fingerprint density at radius 2 is 2.12 bits per heavy atom. The standard InChI is InChI=1S/C17H16FN3O4/c1-8(2)13-10(17(23)24)7-21-14(13)16(22)19-15(20-21)9-4-5-12(25-3)11(18)6-9/h4-8H,1-3H3,(H,23,24)(H,19,20,22). The molecule has 0 saturated carbocycles. The van der Waals surface area contributed by atoms with E-state index in [1.54, 1.807) is 19.9 Å². The summed E-state index contributed by atoms with van der Waals surface area (Å²) in [5.41, 5.74) is 0.455. The lowest BCUT2D eigenvalue weighted by Crippen LogP contribution is -2.15. The first-order valence-corrected chi connectivity index (χ1v) is 7.56. The third-order valence-electron chi connectivity index (χ3n) is 3.91. The number of hydrogen-bond acceptors (Lipinski definition) is 4. The number of nitrogens with zero attached hydrogens (tertiary/aromatic N) is 2. The van der Waals surface area contributed by atoms with E-state index in [1.165, 1.54) is 30.0 Å². The zero-order chi connectivity index (χ0) is 18.3. The molecule has 2 N–H and O–H groups in total. The number of fused-ring (bicyclic) bond motifs is 1. The van der Waals surface area contributed by atoms with Crippen molar-refractivity contribution in [3.8, 4) is 17.1 Å². The second kappa shape index (κ2) is 6.04. The number of nitrogens with one attached hydrogen (secondary N) is 1.